The third-order valence-electron chi connectivity index (χ3n) is 5.19. The molecular weight excluding hydrogens is 164 g/mol. The van der Waals surface area contributed by atoms with Gasteiger partial charge in [-0.3, -0.25) is 0 Å². The van der Waals surface area contributed by atoms with Crippen molar-refractivity contribution in [2.24, 2.45) is 17.3 Å². The molecule has 0 aliphatic heterocycles. The maximum atomic E-state index is 10.5. The zero-order valence-electron chi connectivity index (χ0n) is 8.00. The zero-order chi connectivity index (χ0) is 9.10. The van der Waals surface area contributed by atoms with E-state index in [0.717, 1.165) is 6.42 Å². The van der Waals surface area contributed by atoms with Crippen LogP contribution in [0.3, 0.4) is 0 Å². The molecule has 3 fully saturated rings. The average molecular weight is 182 g/mol. The van der Waals surface area contributed by atoms with E-state index in [2.05, 4.69) is 0 Å². The highest BCUT2D eigenvalue weighted by atomic mass is 16.3. The van der Waals surface area contributed by atoms with E-state index in [-0.39, 0.29) is 17.9 Å². The van der Waals surface area contributed by atoms with Crippen molar-refractivity contribution in [2.75, 3.05) is 6.61 Å². The number of hydrogen-bond acceptors (Lipinski definition) is 2. The molecule has 74 valence electrons. The highest BCUT2D eigenvalue weighted by Gasteiger charge is 2.73. The molecule has 3 rings (SSSR count). The van der Waals surface area contributed by atoms with Crippen LogP contribution in [0.4, 0.5) is 0 Å². The van der Waals surface area contributed by atoms with Crippen molar-refractivity contribution in [3.05, 3.63) is 0 Å². The molecule has 2 nitrogen and oxygen atoms in total. The summed E-state index contributed by atoms with van der Waals surface area (Å²) in [6.45, 7) is 0.197. The smallest absolute Gasteiger partial charge is 0.0759 e. The molecule has 0 heterocycles. The second-order valence-corrected chi connectivity index (χ2v) is 5.22. The van der Waals surface area contributed by atoms with Gasteiger partial charge in [0.2, 0.25) is 0 Å². The van der Waals surface area contributed by atoms with Gasteiger partial charge < -0.3 is 10.2 Å². The number of hydrogen-bond donors (Lipinski definition) is 2. The molecule has 0 amide bonds. The highest BCUT2D eigenvalue weighted by molar-refractivity contribution is 5.22. The Balaban J connectivity index is 1.99. The lowest BCUT2D eigenvalue weighted by Crippen LogP contribution is -2.66. The molecule has 3 saturated carbocycles. The Morgan fingerprint density at radius 3 is 2.69 bits per heavy atom. The first-order valence-corrected chi connectivity index (χ1v) is 5.58. The summed E-state index contributed by atoms with van der Waals surface area (Å²) in [6, 6.07) is 0. The standard InChI is InChI=1S/C11H18O2/c12-7-9-8-3-1-4-10(8)5-2-6-11(9,10)13/h8-9,12-13H,1-7H2/t8?,9-,10+,11+/m0/s1. The van der Waals surface area contributed by atoms with Gasteiger partial charge in [0.1, 0.15) is 0 Å². The molecule has 0 radical (unpaired) electrons. The Morgan fingerprint density at radius 2 is 1.92 bits per heavy atom. The molecule has 2 heteroatoms. The van der Waals surface area contributed by atoms with E-state index in [1.807, 2.05) is 0 Å². The Hall–Kier alpha value is -0.0800. The van der Waals surface area contributed by atoms with Crippen LogP contribution >= 0.6 is 0 Å². The van der Waals surface area contributed by atoms with Gasteiger partial charge in [-0.25, -0.2) is 0 Å². The summed E-state index contributed by atoms with van der Waals surface area (Å²) < 4.78 is 0. The summed E-state index contributed by atoms with van der Waals surface area (Å²) in [5.74, 6) is 0.850. The van der Waals surface area contributed by atoms with Crippen molar-refractivity contribution >= 4 is 0 Å². The van der Waals surface area contributed by atoms with E-state index < -0.39 is 5.60 Å². The summed E-state index contributed by atoms with van der Waals surface area (Å²) in [5.41, 5.74) is -0.219. The lowest BCUT2D eigenvalue weighted by molar-refractivity contribution is -0.242. The summed E-state index contributed by atoms with van der Waals surface area (Å²) in [5, 5.41) is 19.8. The van der Waals surface area contributed by atoms with Crippen LogP contribution in [-0.4, -0.2) is 22.4 Å². The van der Waals surface area contributed by atoms with Gasteiger partial charge in [-0.1, -0.05) is 6.42 Å². The van der Waals surface area contributed by atoms with Crippen molar-refractivity contribution in [1.82, 2.24) is 0 Å². The van der Waals surface area contributed by atoms with Crippen LogP contribution in [-0.2, 0) is 0 Å². The third-order valence-corrected chi connectivity index (χ3v) is 5.19. The minimum Gasteiger partial charge on any atom is -0.396 e. The number of aliphatic hydroxyl groups excluding tert-OH is 1. The van der Waals surface area contributed by atoms with Crippen molar-refractivity contribution in [1.29, 1.82) is 0 Å². The Labute approximate surface area is 79.0 Å². The van der Waals surface area contributed by atoms with Gasteiger partial charge in [0.05, 0.1) is 5.60 Å². The third kappa shape index (κ3) is 0.668. The van der Waals surface area contributed by atoms with Crippen LogP contribution in [0, 0.1) is 17.3 Å². The van der Waals surface area contributed by atoms with E-state index in [9.17, 15) is 10.2 Å². The van der Waals surface area contributed by atoms with Gasteiger partial charge in [-0.2, -0.15) is 0 Å². The minimum atomic E-state index is -0.469. The topological polar surface area (TPSA) is 40.5 Å². The van der Waals surface area contributed by atoms with E-state index in [1.165, 1.54) is 32.1 Å². The average Bonchev–Trinajstić information content (AvgIpc) is 2.60. The predicted octanol–water partition coefficient (Wildman–Crippen LogP) is 1.31. The molecule has 1 spiro atoms. The largest absolute Gasteiger partial charge is 0.396 e. The zero-order valence-corrected chi connectivity index (χ0v) is 8.00. The van der Waals surface area contributed by atoms with Crippen LogP contribution in [0.15, 0.2) is 0 Å². The first-order chi connectivity index (χ1) is 6.24. The van der Waals surface area contributed by atoms with E-state index in [4.69, 9.17) is 0 Å². The van der Waals surface area contributed by atoms with E-state index in [1.54, 1.807) is 0 Å². The van der Waals surface area contributed by atoms with Gasteiger partial charge in [0, 0.05) is 17.9 Å². The Morgan fingerprint density at radius 1 is 1.15 bits per heavy atom. The molecule has 0 saturated heterocycles. The molecule has 2 N–H and O–H groups in total. The normalized spacial score (nSPS) is 58.6. The molecule has 0 bridgehead atoms. The number of aliphatic hydroxyl groups is 2. The van der Waals surface area contributed by atoms with Crippen molar-refractivity contribution < 1.29 is 10.2 Å². The molecule has 13 heavy (non-hydrogen) atoms. The SMILES string of the molecule is OC[C@H]1C2CCC[C@@]23CCC[C@@]13O. The van der Waals surface area contributed by atoms with Crippen molar-refractivity contribution in [3.63, 3.8) is 0 Å². The fraction of sp³-hybridized carbons (Fsp3) is 1.00. The Bertz CT molecular complexity index is 236. The highest BCUT2D eigenvalue weighted by Crippen LogP contribution is 2.73. The van der Waals surface area contributed by atoms with Gasteiger partial charge in [0.15, 0.2) is 0 Å². The molecule has 0 aromatic carbocycles. The fourth-order valence-corrected chi connectivity index (χ4v) is 4.74. The van der Waals surface area contributed by atoms with Crippen LogP contribution < -0.4 is 0 Å². The predicted molar refractivity (Wildman–Crippen MR) is 49.2 cm³/mol. The second kappa shape index (κ2) is 2.29. The second-order valence-electron chi connectivity index (χ2n) is 5.22. The molecule has 0 aromatic heterocycles. The van der Waals surface area contributed by atoms with Crippen molar-refractivity contribution in [2.45, 2.75) is 44.1 Å². The van der Waals surface area contributed by atoms with Crippen molar-refractivity contribution in [3.8, 4) is 0 Å². The minimum absolute atomic E-state index is 0.197. The molecular formula is C11H18O2. The molecule has 4 atom stereocenters. The van der Waals surface area contributed by atoms with Crippen LogP contribution in [0.5, 0.6) is 0 Å². The maximum Gasteiger partial charge on any atom is 0.0759 e. The quantitative estimate of drug-likeness (QED) is 0.642. The molecule has 1 unspecified atom stereocenters. The van der Waals surface area contributed by atoms with Crippen LogP contribution in [0.1, 0.15) is 38.5 Å². The molecule has 3 aliphatic rings. The van der Waals surface area contributed by atoms with Gasteiger partial charge in [0.25, 0.3) is 0 Å². The Kier molecular flexibility index (Phi) is 1.45. The van der Waals surface area contributed by atoms with Gasteiger partial charge in [-0.05, 0) is 38.0 Å². The van der Waals surface area contributed by atoms with E-state index in [0.29, 0.717) is 5.92 Å². The summed E-state index contributed by atoms with van der Waals surface area (Å²) in [4.78, 5) is 0. The van der Waals surface area contributed by atoms with Crippen LogP contribution in [0.25, 0.3) is 0 Å². The summed E-state index contributed by atoms with van der Waals surface area (Å²) in [6.07, 6.45) is 7.05. The number of rotatable bonds is 1. The maximum absolute atomic E-state index is 10.5. The fourth-order valence-electron chi connectivity index (χ4n) is 4.74. The lowest BCUT2D eigenvalue weighted by Gasteiger charge is -2.61. The monoisotopic (exact) mass is 182 g/mol. The van der Waals surface area contributed by atoms with Gasteiger partial charge in [-0.15, -0.1) is 0 Å². The van der Waals surface area contributed by atoms with Crippen LogP contribution in [0.2, 0.25) is 0 Å². The summed E-state index contributed by atoms with van der Waals surface area (Å²) >= 11 is 0. The first-order valence-electron chi connectivity index (χ1n) is 5.58. The van der Waals surface area contributed by atoms with Gasteiger partial charge >= 0.3 is 0 Å². The summed E-state index contributed by atoms with van der Waals surface area (Å²) in [7, 11) is 0. The molecule has 0 aromatic rings. The van der Waals surface area contributed by atoms with E-state index >= 15 is 0 Å². The molecule has 3 aliphatic carbocycles. The first kappa shape index (κ1) is 8.25. The lowest BCUT2D eigenvalue weighted by atomic mass is 9.47.